The van der Waals surface area contributed by atoms with E-state index in [9.17, 15) is 0 Å². The average molecular weight is 143 g/mol. The van der Waals surface area contributed by atoms with Crippen LogP contribution in [-0.4, -0.2) is 25.3 Å². The van der Waals surface area contributed by atoms with Crippen LogP contribution >= 0.6 is 0 Å². The van der Waals surface area contributed by atoms with Crippen molar-refractivity contribution in [3.63, 3.8) is 0 Å². The smallest absolute Gasteiger partial charge is 0.0661 e. The molecule has 0 aromatic rings. The monoisotopic (exact) mass is 143 g/mol. The molecular formula is C8H17NO. The quantitative estimate of drug-likeness (QED) is 0.516. The average Bonchev–Trinajstić information content (AvgIpc) is 2.42. The van der Waals surface area contributed by atoms with Gasteiger partial charge in [-0.05, 0) is 6.42 Å². The van der Waals surface area contributed by atoms with Gasteiger partial charge in [0, 0.05) is 13.2 Å². The summed E-state index contributed by atoms with van der Waals surface area (Å²) in [5.74, 6) is 0. The summed E-state index contributed by atoms with van der Waals surface area (Å²) in [6.07, 6.45) is 2.48. The topological polar surface area (TPSA) is 31.2 Å². The van der Waals surface area contributed by atoms with E-state index in [1.54, 1.807) is 0 Å². The van der Waals surface area contributed by atoms with E-state index in [1.165, 1.54) is 19.4 Å². The van der Waals surface area contributed by atoms with Crippen LogP contribution in [-0.2, 0) is 4.74 Å². The molecule has 10 heavy (non-hydrogen) atoms. The maximum absolute atomic E-state index is 5.16. The van der Waals surface area contributed by atoms with Gasteiger partial charge in [-0.15, -0.1) is 0 Å². The van der Waals surface area contributed by atoms with Gasteiger partial charge in [0.25, 0.3) is 0 Å². The third-order valence-corrected chi connectivity index (χ3v) is 1.78. The summed E-state index contributed by atoms with van der Waals surface area (Å²) in [6, 6.07) is 0. The van der Waals surface area contributed by atoms with Crippen LogP contribution in [0.5, 0.6) is 0 Å². The fraction of sp³-hybridized carbons (Fsp3) is 1.00. The van der Waals surface area contributed by atoms with E-state index >= 15 is 0 Å². The highest BCUT2D eigenvalue weighted by Crippen LogP contribution is 2.26. The molecule has 0 radical (unpaired) electrons. The molecule has 2 saturated heterocycles. The van der Waals surface area contributed by atoms with E-state index in [2.05, 4.69) is 19.2 Å². The van der Waals surface area contributed by atoms with Crippen LogP contribution < -0.4 is 5.32 Å². The lowest BCUT2D eigenvalue weighted by molar-refractivity contribution is 0.191. The minimum absolute atomic E-state index is 0.472. The predicted molar refractivity (Wildman–Crippen MR) is 42.1 cm³/mol. The molecule has 0 bridgehead atoms. The van der Waals surface area contributed by atoms with Crippen molar-refractivity contribution in [2.75, 3.05) is 19.8 Å². The number of hydrogen-bond acceptors (Lipinski definition) is 2. The molecule has 1 N–H and O–H groups in total. The van der Waals surface area contributed by atoms with Crippen LogP contribution in [0.15, 0.2) is 0 Å². The van der Waals surface area contributed by atoms with Gasteiger partial charge in [0.05, 0.1) is 12.1 Å². The summed E-state index contributed by atoms with van der Waals surface area (Å²) in [7, 11) is 0. The van der Waals surface area contributed by atoms with Crippen molar-refractivity contribution in [1.29, 1.82) is 0 Å². The highest BCUT2D eigenvalue weighted by Gasteiger charge is 2.45. The molecule has 2 aliphatic rings. The van der Waals surface area contributed by atoms with Gasteiger partial charge < -0.3 is 10.1 Å². The third kappa shape index (κ3) is 1.96. The Labute approximate surface area is 63.0 Å². The Bertz CT molecular complexity index is 91.4. The first-order valence-corrected chi connectivity index (χ1v) is 4.16. The van der Waals surface area contributed by atoms with E-state index in [-0.39, 0.29) is 0 Å². The molecule has 1 atom stereocenters. The lowest BCUT2D eigenvalue weighted by Gasteiger charge is -1.93. The summed E-state index contributed by atoms with van der Waals surface area (Å²) in [4.78, 5) is 0. The number of nitrogens with one attached hydrogen (secondary N) is 1. The zero-order chi connectivity index (χ0) is 7.45. The molecule has 60 valence electrons. The lowest BCUT2D eigenvalue weighted by Crippen LogP contribution is -2.13. The summed E-state index contributed by atoms with van der Waals surface area (Å²) in [5.41, 5.74) is 0.472. The third-order valence-electron chi connectivity index (χ3n) is 1.78. The molecular weight excluding hydrogens is 126 g/mol. The van der Waals surface area contributed by atoms with Crippen LogP contribution in [0, 0.1) is 0 Å². The molecule has 2 heteroatoms. The largest absolute Gasteiger partial charge is 0.379 e. The maximum atomic E-state index is 5.16. The van der Waals surface area contributed by atoms with Crippen molar-refractivity contribution >= 4 is 0 Å². The molecule has 0 aromatic heterocycles. The SMILES string of the molecule is C1CC2(CN2)CO1.CCC. The normalized spacial score (nSPS) is 35.4. The van der Waals surface area contributed by atoms with Gasteiger partial charge >= 0.3 is 0 Å². The predicted octanol–water partition coefficient (Wildman–Crippen LogP) is 1.16. The molecule has 2 heterocycles. The molecule has 0 amide bonds. The van der Waals surface area contributed by atoms with Crippen molar-refractivity contribution in [3.05, 3.63) is 0 Å². The first-order valence-electron chi connectivity index (χ1n) is 4.16. The maximum Gasteiger partial charge on any atom is 0.0661 e. The van der Waals surface area contributed by atoms with Gasteiger partial charge in [-0.2, -0.15) is 0 Å². The van der Waals surface area contributed by atoms with E-state index in [1.807, 2.05) is 0 Å². The number of rotatable bonds is 0. The number of hydrogen-bond donors (Lipinski definition) is 1. The molecule has 2 aliphatic heterocycles. The molecule has 1 unspecified atom stereocenters. The first kappa shape index (κ1) is 8.02. The van der Waals surface area contributed by atoms with Crippen LogP contribution in [0.25, 0.3) is 0 Å². The molecule has 0 saturated carbocycles. The minimum Gasteiger partial charge on any atom is -0.379 e. The first-order chi connectivity index (χ1) is 4.83. The molecule has 2 fully saturated rings. The fourth-order valence-electron chi connectivity index (χ4n) is 1.01. The van der Waals surface area contributed by atoms with Gasteiger partial charge in [0.15, 0.2) is 0 Å². The Hall–Kier alpha value is -0.0800. The van der Waals surface area contributed by atoms with Crippen molar-refractivity contribution in [2.24, 2.45) is 0 Å². The fourth-order valence-corrected chi connectivity index (χ4v) is 1.01. The summed E-state index contributed by atoms with van der Waals surface area (Å²) in [5, 5.41) is 3.28. The second kappa shape index (κ2) is 3.35. The van der Waals surface area contributed by atoms with E-state index in [4.69, 9.17) is 4.74 Å². The van der Waals surface area contributed by atoms with Crippen molar-refractivity contribution in [2.45, 2.75) is 32.2 Å². The van der Waals surface area contributed by atoms with E-state index in [0.29, 0.717) is 5.54 Å². The summed E-state index contributed by atoms with van der Waals surface area (Å²) >= 11 is 0. The molecule has 0 aliphatic carbocycles. The Morgan fingerprint density at radius 3 is 2.30 bits per heavy atom. The van der Waals surface area contributed by atoms with E-state index < -0.39 is 0 Å². The standard InChI is InChI=1S/C5H9NO.C3H8/c1-2-7-4-5(1)3-6-5;1-3-2/h6H,1-4H2;3H2,1-2H3. The van der Waals surface area contributed by atoms with Crippen LogP contribution in [0.1, 0.15) is 26.7 Å². The van der Waals surface area contributed by atoms with Gasteiger partial charge in [-0.1, -0.05) is 20.3 Å². The van der Waals surface area contributed by atoms with E-state index in [0.717, 1.165) is 13.2 Å². The van der Waals surface area contributed by atoms with Gasteiger partial charge in [0.1, 0.15) is 0 Å². The molecule has 0 aromatic carbocycles. The molecule has 2 rings (SSSR count). The van der Waals surface area contributed by atoms with Gasteiger partial charge in [-0.3, -0.25) is 0 Å². The Balaban J connectivity index is 0.000000148. The van der Waals surface area contributed by atoms with Crippen molar-refractivity contribution < 1.29 is 4.74 Å². The zero-order valence-electron chi connectivity index (χ0n) is 6.94. The Morgan fingerprint density at radius 2 is 2.10 bits per heavy atom. The van der Waals surface area contributed by atoms with Gasteiger partial charge in [0.2, 0.25) is 0 Å². The lowest BCUT2D eigenvalue weighted by atomic mass is 10.1. The summed E-state index contributed by atoms with van der Waals surface area (Å²) in [6.45, 7) is 7.35. The van der Waals surface area contributed by atoms with Crippen molar-refractivity contribution in [1.82, 2.24) is 5.32 Å². The highest BCUT2D eigenvalue weighted by molar-refractivity contribution is 5.05. The van der Waals surface area contributed by atoms with Crippen LogP contribution in [0.4, 0.5) is 0 Å². The summed E-state index contributed by atoms with van der Waals surface area (Å²) < 4.78 is 5.16. The van der Waals surface area contributed by atoms with Crippen LogP contribution in [0.2, 0.25) is 0 Å². The Kier molecular flexibility index (Phi) is 2.69. The number of ether oxygens (including phenoxy) is 1. The second-order valence-electron chi connectivity index (χ2n) is 3.14. The molecule has 1 spiro atoms. The second-order valence-corrected chi connectivity index (χ2v) is 3.14. The van der Waals surface area contributed by atoms with Crippen molar-refractivity contribution in [3.8, 4) is 0 Å². The molecule has 2 nitrogen and oxygen atoms in total. The highest BCUT2D eigenvalue weighted by atomic mass is 16.5. The zero-order valence-corrected chi connectivity index (χ0v) is 6.94. The minimum atomic E-state index is 0.472. The van der Waals surface area contributed by atoms with Crippen LogP contribution in [0.3, 0.4) is 0 Å². The Morgan fingerprint density at radius 1 is 1.50 bits per heavy atom. The van der Waals surface area contributed by atoms with Gasteiger partial charge in [-0.25, -0.2) is 0 Å².